The molecule has 0 aliphatic carbocycles. The maximum atomic E-state index is 10.9. The fourth-order valence-corrected chi connectivity index (χ4v) is 1.85. The van der Waals surface area contributed by atoms with Gasteiger partial charge in [-0.1, -0.05) is 31.5 Å². The molecule has 0 saturated heterocycles. The summed E-state index contributed by atoms with van der Waals surface area (Å²) in [6.07, 6.45) is 2.32. The van der Waals surface area contributed by atoms with E-state index < -0.39 is 12.0 Å². The quantitative estimate of drug-likeness (QED) is 0.674. The van der Waals surface area contributed by atoms with Crippen molar-refractivity contribution in [3.63, 3.8) is 0 Å². The molecular weight excluding hydrogens is 242 g/mol. The Balaban J connectivity index is 2.20. The number of hydrogen-bond acceptors (Lipinski definition) is 3. The molecule has 1 aromatic carbocycles. The van der Waals surface area contributed by atoms with Gasteiger partial charge in [0.25, 0.3) is 0 Å². The summed E-state index contributed by atoms with van der Waals surface area (Å²) in [5.74, 6) is 0.118. The van der Waals surface area contributed by atoms with Crippen molar-refractivity contribution >= 4 is 5.97 Å². The minimum Gasteiger partial charge on any atom is -0.493 e. The first kappa shape index (κ1) is 15.5. The highest BCUT2D eigenvalue weighted by molar-refractivity contribution is 5.73. The predicted octanol–water partition coefficient (Wildman–Crippen LogP) is 2.61. The number of ether oxygens (including phenoxy) is 1. The van der Waals surface area contributed by atoms with Crippen molar-refractivity contribution < 1.29 is 14.6 Å². The van der Waals surface area contributed by atoms with Gasteiger partial charge in [0.1, 0.15) is 11.8 Å². The van der Waals surface area contributed by atoms with Crippen LogP contribution in [0.5, 0.6) is 5.75 Å². The Morgan fingerprint density at radius 2 is 2.16 bits per heavy atom. The Hall–Kier alpha value is -1.55. The smallest absolute Gasteiger partial charge is 0.320 e. The first-order chi connectivity index (χ1) is 9.15. The second-order valence-electron chi connectivity index (χ2n) is 4.60. The lowest BCUT2D eigenvalue weighted by molar-refractivity contribution is -0.139. The lowest BCUT2D eigenvalue weighted by Crippen LogP contribution is -2.37. The van der Waals surface area contributed by atoms with Gasteiger partial charge in [0.15, 0.2) is 0 Å². The van der Waals surface area contributed by atoms with Crippen LogP contribution >= 0.6 is 0 Å². The summed E-state index contributed by atoms with van der Waals surface area (Å²) < 4.78 is 5.65. The maximum absolute atomic E-state index is 10.9. The molecule has 0 heterocycles. The Bertz CT molecular complexity index is 393. The van der Waals surface area contributed by atoms with E-state index in [1.807, 2.05) is 38.1 Å². The fourth-order valence-electron chi connectivity index (χ4n) is 1.85. The minimum absolute atomic E-state index is 0.441. The number of aliphatic carboxylic acids is 1. The SMILES string of the molecule is CCCC(NCCCOc1ccccc1C)C(=O)O. The van der Waals surface area contributed by atoms with E-state index in [4.69, 9.17) is 9.84 Å². The maximum Gasteiger partial charge on any atom is 0.320 e. The van der Waals surface area contributed by atoms with Crippen LogP contribution in [0.15, 0.2) is 24.3 Å². The topological polar surface area (TPSA) is 58.6 Å². The van der Waals surface area contributed by atoms with E-state index in [0.29, 0.717) is 19.6 Å². The highest BCUT2D eigenvalue weighted by Gasteiger charge is 2.14. The molecule has 106 valence electrons. The largest absolute Gasteiger partial charge is 0.493 e. The third-order valence-corrected chi connectivity index (χ3v) is 2.94. The molecule has 0 aliphatic heterocycles. The van der Waals surface area contributed by atoms with Crippen molar-refractivity contribution in [3.05, 3.63) is 29.8 Å². The molecular formula is C15H23NO3. The van der Waals surface area contributed by atoms with Crippen molar-refractivity contribution in [2.45, 2.75) is 39.2 Å². The molecule has 0 amide bonds. The highest BCUT2D eigenvalue weighted by Crippen LogP contribution is 2.15. The van der Waals surface area contributed by atoms with Crippen molar-refractivity contribution in [2.24, 2.45) is 0 Å². The standard InChI is InChI=1S/C15H23NO3/c1-3-7-13(15(17)18)16-10-6-11-19-14-9-5-4-8-12(14)2/h4-5,8-9,13,16H,3,6-7,10-11H2,1-2H3,(H,17,18). The van der Waals surface area contributed by atoms with Crippen LogP contribution in [0.4, 0.5) is 0 Å². The van der Waals surface area contributed by atoms with Crippen LogP contribution in [0.3, 0.4) is 0 Å². The molecule has 0 radical (unpaired) electrons. The summed E-state index contributed by atoms with van der Waals surface area (Å²) in [6.45, 7) is 5.24. The summed E-state index contributed by atoms with van der Waals surface area (Å²) in [7, 11) is 0. The molecule has 4 heteroatoms. The van der Waals surface area contributed by atoms with Crippen molar-refractivity contribution in [1.29, 1.82) is 0 Å². The highest BCUT2D eigenvalue weighted by atomic mass is 16.5. The van der Waals surface area contributed by atoms with E-state index in [2.05, 4.69) is 5.32 Å². The molecule has 1 unspecified atom stereocenters. The molecule has 0 aliphatic rings. The van der Waals surface area contributed by atoms with E-state index in [1.165, 1.54) is 0 Å². The first-order valence-electron chi connectivity index (χ1n) is 6.79. The van der Waals surface area contributed by atoms with Gasteiger partial charge in [-0.05, 0) is 37.9 Å². The Kier molecular flexibility index (Phi) is 6.97. The average Bonchev–Trinajstić information content (AvgIpc) is 2.39. The summed E-state index contributed by atoms with van der Waals surface area (Å²) in [4.78, 5) is 10.9. The van der Waals surface area contributed by atoms with Gasteiger partial charge in [-0.2, -0.15) is 0 Å². The van der Waals surface area contributed by atoms with E-state index >= 15 is 0 Å². The van der Waals surface area contributed by atoms with Crippen LogP contribution in [0.25, 0.3) is 0 Å². The number of hydrogen-bond donors (Lipinski definition) is 2. The number of carbonyl (C=O) groups is 1. The molecule has 0 bridgehead atoms. The lowest BCUT2D eigenvalue weighted by Gasteiger charge is -2.14. The zero-order valence-electron chi connectivity index (χ0n) is 11.7. The van der Waals surface area contributed by atoms with E-state index in [9.17, 15) is 4.79 Å². The number of carboxylic acid groups (broad SMARTS) is 1. The van der Waals surface area contributed by atoms with Crippen molar-refractivity contribution in [3.8, 4) is 5.75 Å². The van der Waals surface area contributed by atoms with Crippen molar-refractivity contribution in [1.82, 2.24) is 5.32 Å². The molecule has 0 aromatic heterocycles. The van der Waals surface area contributed by atoms with Gasteiger partial charge in [0, 0.05) is 0 Å². The van der Waals surface area contributed by atoms with Gasteiger partial charge in [0.05, 0.1) is 6.61 Å². The van der Waals surface area contributed by atoms with Crippen LogP contribution in [0.2, 0.25) is 0 Å². The van der Waals surface area contributed by atoms with Gasteiger partial charge in [-0.25, -0.2) is 0 Å². The molecule has 4 nitrogen and oxygen atoms in total. The van der Waals surface area contributed by atoms with Crippen molar-refractivity contribution in [2.75, 3.05) is 13.2 Å². The van der Waals surface area contributed by atoms with Gasteiger partial charge in [0.2, 0.25) is 0 Å². The van der Waals surface area contributed by atoms with Gasteiger partial charge >= 0.3 is 5.97 Å². The molecule has 0 fully saturated rings. The zero-order valence-corrected chi connectivity index (χ0v) is 11.7. The minimum atomic E-state index is -0.776. The fraction of sp³-hybridized carbons (Fsp3) is 0.533. The number of aryl methyl sites for hydroxylation is 1. The molecule has 0 saturated carbocycles. The first-order valence-corrected chi connectivity index (χ1v) is 6.79. The Morgan fingerprint density at radius 1 is 1.42 bits per heavy atom. The van der Waals surface area contributed by atoms with Crippen LogP contribution < -0.4 is 10.1 Å². The third-order valence-electron chi connectivity index (χ3n) is 2.94. The molecule has 19 heavy (non-hydrogen) atoms. The van der Waals surface area contributed by atoms with E-state index in [1.54, 1.807) is 0 Å². The number of rotatable bonds is 9. The van der Waals surface area contributed by atoms with E-state index in [0.717, 1.165) is 24.2 Å². The molecule has 1 aromatic rings. The number of nitrogens with one attached hydrogen (secondary N) is 1. The second kappa shape index (κ2) is 8.53. The predicted molar refractivity (Wildman–Crippen MR) is 75.6 cm³/mol. The van der Waals surface area contributed by atoms with Gasteiger partial charge < -0.3 is 15.2 Å². The molecule has 1 rings (SSSR count). The third kappa shape index (κ3) is 5.75. The monoisotopic (exact) mass is 265 g/mol. The summed E-state index contributed by atoms with van der Waals surface area (Å²) >= 11 is 0. The second-order valence-corrected chi connectivity index (χ2v) is 4.60. The summed E-state index contributed by atoms with van der Waals surface area (Å²) in [5, 5.41) is 12.0. The van der Waals surface area contributed by atoms with E-state index in [-0.39, 0.29) is 0 Å². The van der Waals surface area contributed by atoms with Gasteiger partial charge in [-0.3, -0.25) is 4.79 Å². The van der Waals surface area contributed by atoms with Crippen LogP contribution in [-0.2, 0) is 4.79 Å². The molecule has 0 spiro atoms. The number of para-hydroxylation sites is 1. The zero-order chi connectivity index (χ0) is 14.1. The Labute approximate surface area is 114 Å². The number of benzene rings is 1. The van der Waals surface area contributed by atoms with Gasteiger partial charge in [-0.15, -0.1) is 0 Å². The Morgan fingerprint density at radius 3 is 2.79 bits per heavy atom. The van der Waals surface area contributed by atoms with Crippen LogP contribution in [-0.4, -0.2) is 30.3 Å². The normalized spacial score (nSPS) is 12.1. The van der Waals surface area contributed by atoms with Crippen LogP contribution in [0, 0.1) is 6.92 Å². The molecule has 1 atom stereocenters. The van der Waals surface area contributed by atoms with Crippen LogP contribution in [0.1, 0.15) is 31.7 Å². The average molecular weight is 265 g/mol. The molecule has 2 N–H and O–H groups in total. The summed E-state index contributed by atoms with van der Waals surface area (Å²) in [6, 6.07) is 7.44. The number of carboxylic acids is 1. The lowest BCUT2D eigenvalue weighted by atomic mass is 10.1. The summed E-state index contributed by atoms with van der Waals surface area (Å²) in [5.41, 5.74) is 1.12.